The summed E-state index contributed by atoms with van der Waals surface area (Å²) in [6, 6.07) is 1.92. The average Bonchev–Trinajstić information content (AvgIpc) is 2.16. The van der Waals surface area contributed by atoms with Crippen LogP contribution >= 0.6 is 0 Å². The molecule has 0 unspecified atom stereocenters. The first-order valence-corrected chi connectivity index (χ1v) is 3.67. The van der Waals surface area contributed by atoms with Crippen LogP contribution in [0.4, 0.5) is 15.8 Å². The molecule has 0 fully saturated rings. The van der Waals surface area contributed by atoms with Crippen molar-refractivity contribution in [3.05, 3.63) is 40.2 Å². The Morgan fingerprint density at radius 2 is 2.21 bits per heavy atom. The van der Waals surface area contributed by atoms with Crippen molar-refractivity contribution in [1.29, 1.82) is 0 Å². The van der Waals surface area contributed by atoms with E-state index in [1.807, 2.05) is 0 Å². The highest BCUT2D eigenvalue weighted by molar-refractivity contribution is 5.73. The molecule has 72 valence electrons. The molecule has 0 aliphatic rings. The molecule has 0 aromatic heterocycles. The zero-order chi connectivity index (χ0) is 10.7. The predicted molar refractivity (Wildman–Crippen MR) is 52.4 cm³/mol. The van der Waals surface area contributed by atoms with Gasteiger partial charge in [-0.25, -0.2) is 4.39 Å². The fourth-order valence-corrected chi connectivity index (χ4v) is 1.07. The van der Waals surface area contributed by atoms with Gasteiger partial charge in [0.2, 0.25) is 0 Å². The van der Waals surface area contributed by atoms with Crippen LogP contribution in [0.2, 0.25) is 0 Å². The highest BCUT2D eigenvalue weighted by Crippen LogP contribution is 2.32. The van der Waals surface area contributed by atoms with Gasteiger partial charge in [0, 0.05) is 5.56 Å². The molecular weight excluding hydrogens is 187 g/mol. The van der Waals surface area contributed by atoms with Crippen LogP contribution in [-0.2, 0) is 0 Å². The third-order valence-electron chi connectivity index (χ3n) is 1.66. The van der Waals surface area contributed by atoms with E-state index in [1.165, 1.54) is 6.08 Å². The van der Waals surface area contributed by atoms with Gasteiger partial charge < -0.3 is 0 Å². The Bertz CT molecular complexity index is 416. The van der Waals surface area contributed by atoms with E-state index in [-0.39, 0.29) is 11.3 Å². The SMILES string of the molecule is C=Cc1cc(F)cc([N+](=O)[O-])c1N=C. The number of hydrogen-bond acceptors (Lipinski definition) is 3. The number of nitro groups is 1. The summed E-state index contributed by atoms with van der Waals surface area (Å²) in [5.41, 5.74) is -0.118. The van der Waals surface area contributed by atoms with Crippen LogP contribution in [0.25, 0.3) is 6.08 Å². The summed E-state index contributed by atoms with van der Waals surface area (Å²) in [6.45, 7) is 6.59. The molecule has 1 aromatic rings. The fourth-order valence-electron chi connectivity index (χ4n) is 1.07. The third kappa shape index (κ3) is 1.66. The third-order valence-corrected chi connectivity index (χ3v) is 1.66. The Morgan fingerprint density at radius 3 is 2.64 bits per heavy atom. The molecule has 0 aliphatic carbocycles. The van der Waals surface area contributed by atoms with Crippen LogP contribution in [0, 0.1) is 15.9 Å². The van der Waals surface area contributed by atoms with Gasteiger partial charge in [0.1, 0.15) is 11.5 Å². The van der Waals surface area contributed by atoms with E-state index in [0.717, 1.165) is 12.1 Å². The van der Waals surface area contributed by atoms with Gasteiger partial charge in [-0.2, -0.15) is 0 Å². The molecule has 5 heteroatoms. The van der Waals surface area contributed by atoms with Crippen molar-refractivity contribution in [3.63, 3.8) is 0 Å². The molecule has 0 spiro atoms. The van der Waals surface area contributed by atoms with E-state index >= 15 is 0 Å². The van der Waals surface area contributed by atoms with Crippen molar-refractivity contribution in [2.45, 2.75) is 0 Å². The second kappa shape index (κ2) is 3.78. The molecule has 0 saturated heterocycles. The maximum atomic E-state index is 12.9. The first-order valence-electron chi connectivity index (χ1n) is 3.67. The van der Waals surface area contributed by atoms with Crippen molar-refractivity contribution >= 4 is 24.2 Å². The smallest absolute Gasteiger partial charge is 0.258 e. The Hall–Kier alpha value is -2.04. The molecule has 0 atom stereocenters. The van der Waals surface area contributed by atoms with Crippen molar-refractivity contribution < 1.29 is 9.31 Å². The lowest BCUT2D eigenvalue weighted by molar-refractivity contribution is -0.384. The number of benzene rings is 1. The second-order valence-electron chi connectivity index (χ2n) is 2.48. The molecule has 1 aromatic carbocycles. The lowest BCUT2D eigenvalue weighted by atomic mass is 10.1. The summed E-state index contributed by atoms with van der Waals surface area (Å²) in [6.07, 6.45) is 1.29. The largest absolute Gasteiger partial charge is 0.298 e. The number of rotatable bonds is 3. The zero-order valence-electron chi connectivity index (χ0n) is 7.24. The number of halogens is 1. The minimum absolute atomic E-state index is 0.0337. The quantitative estimate of drug-likeness (QED) is 0.422. The van der Waals surface area contributed by atoms with E-state index < -0.39 is 16.4 Å². The van der Waals surface area contributed by atoms with Crippen LogP contribution in [0.5, 0.6) is 0 Å². The van der Waals surface area contributed by atoms with Gasteiger partial charge in [0.25, 0.3) is 5.69 Å². The van der Waals surface area contributed by atoms with E-state index in [1.54, 1.807) is 0 Å². The standard InChI is InChI=1S/C9H7FN2O2/c1-3-6-4-7(10)5-8(12(13)14)9(6)11-2/h3-5H,1-2H2. The van der Waals surface area contributed by atoms with Gasteiger partial charge in [-0.1, -0.05) is 12.7 Å². The van der Waals surface area contributed by atoms with Crippen LogP contribution in [-0.4, -0.2) is 11.6 Å². The second-order valence-corrected chi connectivity index (χ2v) is 2.48. The highest BCUT2D eigenvalue weighted by Gasteiger charge is 2.17. The van der Waals surface area contributed by atoms with Crippen LogP contribution in [0.15, 0.2) is 23.7 Å². The molecule has 0 heterocycles. The molecule has 1 rings (SSSR count). The molecule has 14 heavy (non-hydrogen) atoms. The summed E-state index contributed by atoms with van der Waals surface area (Å²) in [7, 11) is 0. The molecule has 0 radical (unpaired) electrons. The first-order chi connectivity index (χ1) is 6.60. The zero-order valence-corrected chi connectivity index (χ0v) is 7.24. The van der Waals surface area contributed by atoms with Gasteiger partial charge in [0.15, 0.2) is 0 Å². The van der Waals surface area contributed by atoms with Gasteiger partial charge in [-0.3, -0.25) is 15.1 Å². The van der Waals surface area contributed by atoms with Gasteiger partial charge in [-0.15, -0.1) is 0 Å². The minimum atomic E-state index is -0.708. The summed E-state index contributed by atoms with van der Waals surface area (Å²) in [5.74, 6) is -0.695. The molecule has 0 aliphatic heterocycles. The molecule has 0 amide bonds. The van der Waals surface area contributed by atoms with E-state index in [0.29, 0.717) is 0 Å². The summed E-state index contributed by atoms with van der Waals surface area (Å²) >= 11 is 0. The Kier molecular flexibility index (Phi) is 2.71. The van der Waals surface area contributed by atoms with Gasteiger partial charge in [0.05, 0.1) is 11.0 Å². The molecule has 4 nitrogen and oxygen atoms in total. The van der Waals surface area contributed by atoms with Gasteiger partial charge >= 0.3 is 0 Å². The van der Waals surface area contributed by atoms with Crippen LogP contribution < -0.4 is 0 Å². The maximum absolute atomic E-state index is 12.9. The Labute approximate surface area is 79.6 Å². The Balaban J connectivity index is 3.54. The average molecular weight is 194 g/mol. The lowest BCUT2D eigenvalue weighted by Crippen LogP contribution is -1.91. The number of hydrogen-bond donors (Lipinski definition) is 0. The summed E-state index contributed by atoms with van der Waals surface area (Å²) in [4.78, 5) is 13.3. The van der Waals surface area contributed by atoms with Crippen molar-refractivity contribution in [3.8, 4) is 0 Å². The minimum Gasteiger partial charge on any atom is -0.258 e. The van der Waals surface area contributed by atoms with Crippen molar-refractivity contribution in [1.82, 2.24) is 0 Å². The maximum Gasteiger partial charge on any atom is 0.298 e. The molecule has 0 saturated carbocycles. The molecule has 0 bridgehead atoms. The number of aliphatic imine (C=N–C) groups is 1. The monoisotopic (exact) mass is 194 g/mol. The summed E-state index contributed by atoms with van der Waals surface area (Å²) in [5, 5.41) is 10.5. The normalized spacial score (nSPS) is 9.50. The first kappa shape index (κ1) is 10.0. The fraction of sp³-hybridized carbons (Fsp3) is 0. The number of nitrogens with zero attached hydrogens (tertiary/aromatic N) is 2. The van der Waals surface area contributed by atoms with Crippen molar-refractivity contribution in [2.24, 2.45) is 4.99 Å². The van der Waals surface area contributed by atoms with E-state index in [9.17, 15) is 14.5 Å². The van der Waals surface area contributed by atoms with Gasteiger partial charge in [-0.05, 0) is 12.8 Å². The lowest BCUT2D eigenvalue weighted by Gasteiger charge is -2.01. The topological polar surface area (TPSA) is 55.5 Å². The highest BCUT2D eigenvalue weighted by atomic mass is 19.1. The Morgan fingerprint density at radius 1 is 1.57 bits per heavy atom. The predicted octanol–water partition coefficient (Wildman–Crippen LogP) is 2.71. The van der Waals surface area contributed by atoms with Crippen molar-refractivity contribution in [2.75, 3.05) is 0 Å². The van der Waals surface area contributed by atoms with E-state index in [4.69, 9.17) is 0 Å². The molecule has 0 N–H and O–H groups in total. The molecular formula is C9H7FN2O2. The van der Waals surface area contributed by atoms with Crippen LogP contribution in [0.1, 0.15) is 5.56 Å². The van der Waals surface area contributed by atoms with Crippen LogP contribution in [0.3, 0.4) is 0 Å². The number of nitro benzene ring substituents is 1. The summed E-state index contributed by atoms with van der Waals surface area (Å²) < 4.78 is 12.9. The van der Waals surface area contributed by atoms with E-state index in [2.05, 4.69) is 18.3 Å².